The zero-order chi connectivity index (χ0) is 19.5. The molecule has 1 atom stereocenters. The fourth-order valence-electron chi connectivity index (χ4n) is 2.92. The first kappa shape index (κ1) is 19.1. The van der Waals surface area contributed by atoms with E-state index in [1.165, 1.54) is 11.8 Å². The lowest BCUT2D eigenvalue weighted by Gasteiger charge is -2.22. The highest BCUT2D eigenvalue weighted by atomic mass is 35.5. The molecule has 1 aliphatic heterocycles. The van der Waals surface area contributed by atoms with Crippen LogP contribution in [-0.4, -0.2) is 31.6 Å². The number of fused-ring (bicyclic) bond motifs is 1. The van der Waals surface area contributed by atoms with Crippen molar-refractivity contribution in [1.29, 1.82) is 0 Å². The van der Waals surface area contributed by atoms with Crippen molar-refractivity contribution >= 4 is 46.2 Å². The van der Waals surface area contributed by atoms with E-state index in [1.54, 1.807) is 22.1 Å². The lowest BCUT2D eigenvalue weighted by molar-refractivity contribution is -0.118. The van der Waals surface area contributed by atoms with Gasteiger partial charge in [0.15, 0.2) is 5.82 Å². The third-order valence-corrected chi connectivity index (χ3v) is 6.55. The molecule has 5 nitrogen and oxygen atoms in total. The number of hydrogen-bond acceptors (Lipinski definition) is 6. The molecule has 3 aromatic rings. The maximum atomic E-state index is 12.4. The van der Waals surface area contributed by atoms with Gasteiger partial charge >= 0.3 is 0 Å². The van der Waals surface area contributed by atoms with Crippen molar-refractivity contribution in [3.05, 3.63) is 65.0 Å². The molecule has 0 saturated heterocycles. The van der Waals surface area contributed by atoms with Crippen LogP contribution in [0.15, 0.2) is 64.7 Å². The third-order valence-electron chi connectivity index (χ3n) is 4.29. The first-order chi connectivity index (χ1) is 13.7. The summed E-state index contributed by atoms with van der Waals surface area (Å²) in [5.74, 6) is 0.894. The number of carbonyl (C=O) groups is 1. The van der Waals surface area contributed by atoms with Gasteiger partial charge in [0.2, 0.25) is 5.16 Å². The number of ketones is 1. The summed E-state index contributed by atoms with van der Waals surface area (Å²) >= 11 is 9.17. The van der Waals surface area contributed by atoms with Crippen molar-refractivity contribution in [3.63, 3.8) is 0 Å². The number of thioether (sulfide) groups is 1. The lowest BCUT2D eigenvalue weighted by atomic mass is 10.0. The average molecular weight is 429 g/mol. The van der Waals surface area contributed by atoms with Gasteiger partial charge in [-0.15, -0.1) is 28.1 Å². The van der Waals surface area contributed by atoms with Gasteiger partial charge in [0.05, 0.1) is 15.8 Å². The average Bonchev–Trinajstić information content (AvgIpc) is 3.35. The molecular formula is C20H17ClN4OS2. The fourth-order valence-corrected chi connectivity index (χ4v) is 4.87. The quantitative estimate of drug-likeness (QED) is 0.478. The van der Waals surface area contributed by atoms with E-state index in [9.17, 15) is 4.79 Å². The van der Waals surface area contributed by atoms with E-state index in [1.807, 2.05) is 41.8 Å². The van der Waals surface area contributed by atoms with Crippen molar-refractivity contribution in [2.75, 3.05) is 0 Å². The second kappa shape index (κ2) is 8.43. The van der Waals surface area contributed by atoms with Crippen molar-refractivity contribution in [1.82, 2.24) is 14.9 Å². The van der Waals surface area contributed by atoms with Gasteiger partial charge in [0, 0.05) is 17.9 Å². The zero-order valence-electron chi connectivity index (χ0n) is 14.9. The molecule has 0 saturated carbocycles. The van der Waals surface area contributed by atoms with E-state index in [0.717, 1.165) is 16.2 Å². The predicted octanol–water partition coefficient (Wildman–Crippen LogP) is 5.31. The Morgan fingerprint density at radius 2 is 2.07 bits per heavy atom. The van der Waals surface area contributed by atoms with Crippen LogP contribution in [0.1, 0.15) is 24.8 Å². The molecule has 8 heteroatoms. The molecule has 0 spiro atoms. The largest absolute Gasteiger partial charge is 0.300 e. The molecule has 1 aromatic carbocycles. The van der Waals surface area contributed by atoms with Gasteiger partial charge in [0.1, 0.15) is 5.78 Å². The van der Waals surface area contributed by atoms with Gasteiger partial charge < -0.3 is 0 Å². The summed E-state index contributed by atoms with van der Waals surface area (Å²) < 4.78 is 1.77. The van der Waals surface area contributed by atoms with Crippen LogP contribution in [0.25, 0.3) is 10.7 Å². The molecule has 0 N–H and O–H groups in total. The Bertz CT molecular complexity index is 1030. The second-order valence-electron chi connectivity index (χ2n) is 6.26. The first-order valence-electron chi connectivity index (χ1n) is 8.79. The van der Waals surface area contributed by atoms with Crippen LogP contribution in [0.2, 0.25) is 5.02 Å². The van der Waals surface area contributed by atoms with E-state index >= 15 is 0 Å². The molecule has 28 heavy (non-hydrogen) atoms. The number of halogens is 1. The fraction of sp³-hybridized carbons (Fsp3) is 0.200. The molecule has 0 bridgehead atoms. The molecule has 1 unspecified atom stereocenters. The minimum Gasteiger partial charge on any atom is -0.300 e. The number of thiophene rings is 1. The molecule has 142 valence electrons. The summed E-state index contributed by atoms with van der Waals surface area (Å²) in [6.07, 6.45) is 3.33. The SMILES string of the molecule is C=CCCC(=O)CC1Sc2nnc(-c3cccs3)n2N=C1c1ccc(Cl)cc1. The Morgan fingerprint density at radius 1 is 1.25 bits per heavy atom. The molecule has 0 fully saturated rings. The van der Waals surface area contributed by atoms with Gasteiger partial charge in [0.25, 0.3) is 0 Å². The van der Waals surface area contributed by atoms with Crippen molar-refractivity contribution < 1.29 is 4.79 Å². The Morgan fingerprint density at radius 3 is 2.79 bits per heavy atom. The lowest BCUT2D eigenvalue weighted by Crippen LogP contribution is -2.27. The highest BCUT2D eigenvalue weighted by Gasteiger charge is 2.30. The van der Waals surface area contributed by atoms with Crippen LogP contribution in [-0.2, 0) is 4.79 Å². The second-order valence-corrected chi connectivity index (χ2v) is 8.82. The number of rotatable bonds is 7. The highest BCUT2D eigenvalue weighted by Crippen LogP contribution is 2.36. The van der Waals surface area contributed by atoms with Crippen LogP contribution in [0.3, 0.4) is 0 Å². The number of nitrogens with zero attached hydrogens (tertiary/aromatic N) is 4. The minimum absolute atomic E-state index is 0.119. The predicted molar refractivity (Wildman–Crippen MR) is 115 cm³/mol. The van der Waals surface area contributed by atoms with E-state index in [4.69, 9.17) is 16.7 Å². The zero-order valence-corrected chi connectivity index (χ0v) is 17.3. The molecular weight excluding hydrogens is 412 g/mol. The molecule has 2 aromatic heterocycles. The number of carbonyl (C=O) groups excluding carboxylic acids is 1. The van der Waals surface area contributed by atoms with E-state index < -0.39 is 0 Å². The minimum atomic E-state index is -0.119. The van der Waals surface area contributed by atoms with E-state index in [0.29, 0.717) is 35.3 Å². The maximum absolute atomic E-state index is 12.4. The first-order valence-corrected chi connectivity index (χ1v) is 10.9. The summed E-state index contributed by atoms with van der Waals surface area (Å²) in [4.78, 5) is 13.4. The standard InChI is InChI=1S/C20H17ClN4OS2/c1-2-3-5-15(26)12-17-18(13-7-9-14(21)10-8-13)24-25-19(16-6-4-11-27-16)22-23-20(25)28-17/h2,4,6-11,17H,1,3,5,12H2. The maximum Gasteiger partial charge on any atom is 0.213 e. The summed E-state index contributed by atoms with van der Waals surface area (Å²) in [6.45, 7) is 3.69. The monoisotopic (exact) mass is 428 g/mol. The van der Waals surface area contributed by atoms with E-state index in [2.05, 4.69) is 16.8 Å². The molecule has 0 radical (unpaired) electrons. The number of allylic oxidation sites excluding steroid dienone is 1. The van der Waals surface area contributed by atoms with Gasteiger partial charge in [-0.25, -0.2) is 0 Å². The van der Waals surface area contributed by atoms with Gasteiger partial charge in [-0.1, -0.05) is 47.6 Å². The van der Waals surface area contributed by atoms with Crippen LogP contribution in [0.5, 0.6) is 0 Å². The Labute approximate surface area is 176 Å². The third kappa shape index (κ3) is 3.97. The normalized spacial score (nSPS) is 15.8. The highest BCUT2D eigenvalue weighted by molar-refractivity contribution is 8.00. The molecule has 0 amide bonds. The summed E-state index contributed by atoms with van der Waals surface area (Å²) in [7, 11) is 0. The van der Waals surface area contributed by atoms with Gasteiger partial charge in [-0.2, -0.15) is 9.78 Å². The van der Waals surface area contributed by atoms with Crippen LogP contribution in [0, 0.1) is 0 Å². The topological polar surface area (TPSA) is 60.1 Å². The smallest absolute Gasteiger partial charge is 0.213 e. The molecule has 1 aliphatic rings. The summed E-state index contributed by atoms with van der Waals surface area (Å²) in [5, 5.41) is 16.7. The number of benzene rings is 1. The van der Waals surface area contributed by atoms with Gasteiger partial charge in [-0.3, -0.25) is 4.79 Å². The van der Waals surface area contributed by atoms with Crippen molar-refractivity contribution in [2.45, 2.75) is 29.7 Å². The van der Waals surface area contributed by atoms with E-state index in [-0.39, 0.29) is 11.0 Å². The molecule has 3 heterocycles. The number of aromatic nitrogens is 3. The summed E-state index contributed by atoms with van der Waals surface area (Å²) in [6, 6.07) is 11.5. The van der Waals surface area contributed by atoms with Crippen molar-refractivity contribution in [2.24, 2.45) is 5.10 Å². The van der Waals surface area contributed by atoms with Crippen LogP contribution >= 0.6 is 34.7 Å². The van der Waals surface area contributed by atoms with Crippen molar-refractivity contribution in [3.8, 4) is 10.7 Å². The van der Waals surface area contributed by atoms with Crippen LogP contribution < -0.4 is 0 Å². The molecule has 0 aliphatic carbocycles. The van der Waals surface area contributed by atoms with Gasteiger partial charge in [-0.05, 0) is 35.6 Å². The Balaban J connectivity index is 1.72. The molecule has 4 rings (SSSR count). The van der Waals surface area contributed by atoms with Crippen LogP contribution in [0.4, 0.5) is 0 Å². The number of Topliss-reactive ketones (excluding diaryl/α,β-unsaturated/α-hetero) is 1. The Hall–Kier alpha value is -2.22. The number of hydrogen-bond donors (Lipinski definition) is 0. The Kier molecular flexibility index (Phi) is 5.75. The summed E-state index contributed by atoms with van der Waals surface area (Å²) in [5.41, 5.74) is 1.77.